The lowest BCUT2D eigenvalue weighted by Gasteiger charge is -2.26. The highest BCUT2D eigenvalue weighted by Crippen LogP contribution is 2.35. The SMILES string of the molecule is COc1cc(C(=O)NCC2COc3ccccc3O2)c([N+](=O)[O-])cc1OCc1cscn1. The van der Waals surface area contributed by atoms with E-state index in [1.807, 2.05) is 12.1 Å². The highest BCUT2D eigenvalue weighted by Gasteiger charge is 2.27. The molecule has 0 bridgehead atoms. The van der Waals surface area contributed by atoms with Crippen LogP contribution in [0.2, 0.25) is 0 Å². The number of nitro groups is 1. The topological polar surface area (TPSA) is 122 Å². The lowest BCUT2D eigenvalue weighted by molar-refractivity contribution is -0.385. The Morgan fingerprint density at radius 2 is 2.12 bits per heavy atom. The van der Waals surface area contributed by atoms with Crippen LogP contribution in [0.4, 0.5) is 5.69 Å². The quantitative estimate of drug-likeness (QED) is 0.404. The number of thiazole rings is 1. The molecule has 1 aliphatic heterocycles. The van der Waals surface area contributed by atoms with Crippen LogP contribution in [0.25, 0.3) is 0 Å². The fourth-order valence-electron chi connectivity index (χ4n) is 3.08. The van der Waals surface area contributed by atoms with Crippen molar-refractivity contribution >= 4 is 22.9 Å². The maximum atomic E-state index is 12.8. The van der Waals surface area contributed by atoms with Gasteiger partial charge in [-0.3, -0.25) is 14.9 Å². The minimum absolute atomic E-state index is 0.106. The fraction of sp³-hybridized carbons (Fsp3) is 0.238. The number of fused-ring (bicyclic) bond motifs is 1. The van der Waals surface area contributed by atoms with Gasteiger partial charge in [-0.25, -0.2) is 4.98 Å². The predicted octanol–water partition coefficient (Wildman–Crippen LogP) is 3.21. The van der Waals surface area contributed by atoms with Gasteiger partial charge in [-0.05, 0) is 12.1 Å². The molecule has 2 aromatic carbocycles. The number of methoxy groups -OCH3 is 1. The van der Waals surface area contributed by atoms with Gasteiger partial charge in [0.25, 0.3) is 11.6 Å². The van der Waals surface area contributed by atoms with Gasteiger partial charge in [0.1, 0.15) is 24.9 Å². The summed E-state index contributed by atoms with van der Waals surface area (Å²) in [4.78, 5) is 27.9. The number of nitrogens with zero attached hydrogens (tertiary/aromatic N) is 2. The first-order valence-corrected chi connectivity index (χ1v) is 10.5. The van der Waals surface area contributed by atoms with E-state index in [1.54, 1.807) is 23.0 Å². The van der Waals surface area contributed by atoms with E-state index in [2.05, 4.69) is 10.3 Å². The van der Waals surface area contributed by atoms with Crippen LogP contribution in [0.15, 0.2) is 47.3 Å². The summed E-state index contributed by atoms with van der Waals surface area (Å²) in [5, 5.41) is 16.1. The zero-order valence-corrected chi connectivity index (χ0v) is 17.8. The largest absolute Gasteiger partial charge is 0.493 e. The van der Waals surface area contributed by atoms with E-state index in [1.165, 1.54) is 30.6 Å². The van der Waals surface area contributed by atoms with Crippen molar-refractivity contribution in [1.82, 2.24) is 10.3 Å². The molecule has 0 radical (unpaired) electrons. The van der Waals surface area contributed by atoms with Crippen molar-refractivity contribution < 1.29 is 28.7 Å². The van der Waals surface area contributed by atoms with Gasteiger partial charge in [0.05, 0.1) is 35.8 Å². The molecule has 1 amide bonds. The third-order valence-corrected chi connectivity index (χ3v) is 5.28. The Labute approximate surface area is 186 Å². The second kappa shape index (κ2) is 9.52. The van der Waals surface area contributed by atoms with Crippen molar-refractivity contribution in [2.24, 2.45) is 0 Å². The van der Waals surface area contributed by atoms with E-state index < -0.39 is 22.6 Å². The monoisotopic (exact) mass is 457 g/mol. The van der Waals surface area contributed by atoms with Crippen LogP contribution in [-0.2, 0) is 6.61 Å². The van der Waals surface area contributed by atoms with Crippen molar-refractivity contribution in [3.8, 4) is 23.0 Å². The van der Waals surface area contributed by atoms with Gasteiger partial charge in [0.2, 0.25) is 0 Å². The van der Waals surface area contributed by atoms with Gasteiger partial charge >= 0.3 is 0 Å². The third-order valence-electron chi connectivity index (χ3n) is 4.64. The minimum atomic E-state index is -0.638. The van der Waals surface area contributed by atoms with Crippen LogP contribution in [0.1, 0.15) is 16.1 Å². The standard InChI is InChI=1S/C21H19N3O7S/c1-28-19-6-15(16(24(26)27)7-20(19)29-9-13-11-32-12-23-13)21(25)22-8-14-10-30-17-4-2-3-5-18(17)31-14/h2-7,11-12,14H,8-10H2,1H3,(H,22,25). The van der Waals surface area contributed by atoms with Gasteiger partial charge in [0, 0.05) is 11.4 Å². The summed E-state index contributed by atoms with van der Waals surface area (Å²) < 4.78 is 22.3. The van der Waals surface area contributed by atoms with Gasteiger partial charge in [0.15, 0.2) is 23.0 Å². The summed E-state index contributed by atoms with van der Waals surface area (Å²) in [6.45, 7) is 0.462. The molecule has 2 heterocycles. The van der Waals surface area contributed by atoms with E-state index in [4.69, 9.17) is 18.9 Å². The van der Waals surface area contributed by atoms with Crippen LogP contribution in [0.5, 0.6) is 23.0 Å². The molecule has 3 aromatic rings. The molecule has 0 fully saturated rings. The molecule has 4 rings (SSSR count). The molecule has 1 aromatic heterocycles. The molecule has 1 N–H and O–H groups in total. The van der Waals surface area contributed by atoms with Crippen LogP contribution in [-0.4, -0.2) is 42.2 Å². The Bertz CT molecular complexity index is 1120. The number of amides is 1. The first-order valence-electron chi connectivity index (χ1n) is 9.58. The van der Waals surface area contributed by atoms with E-state index in [0.29, 0.717) is 17.2 Å². The summed E-state index contributed by atoms with van der Waals surface area (Å²) in [6, 6.07) is 9.67. The van der Waals surface area contributed by atoms with E-state index in [0.717, 1.165) is 0 Å². The zero-order chi connectivity index (χ0) is 22.5. The second-order valence-electron chi connectivity index (χ2n) is 6.75. The number of nitro benzene ring substituents is 1. The molecular weight excluding hydrogens is 438 g/mol. The van der Waals surface area contributed by atoms with E-state index >= 15 is 0 Å². The molecule has 166 valence electrons. The normalized spacial score (nSPS) is 14.5. The highest BCUT2D eigenvalue weighted by molar-refractivity contribution is 7.07. The van der Waals surface area contributed by atoms with Crippen LogP contribution >= 0.6 is 11.3 Å². The number of carbonyl (C=O) groups excluding carboxylic acids is 1. The van der Waals surface area contributed by atoms with Crippen molar-refractivity contribution in [1.29, 1.82) is 0 Å². The summed E-state index contributed by atoms with van der Waals surface area (Å²) in [5.41, 5.74) is 1.79. The average molecular weight is 457 g/mol. The molecule has 1 atom stereocenters. The van der Waals surface area contributed by atoms with Gasteiger partial charge in [-0.15, -0.1) is 11.3 Å². The molecule has 0 saturated heterocycles. The Balaban J connectivity index is 1.47. The number of para-hydroxylation sites is 2. The number of rotatable bonds is 8. The molecule has 1 aliphatic rings. The Morgan fingerprint density at radius 3 is 2.84 bits per heavy atom. The Kier molecular flexibility index (Phi) is 6.36. The number of carbonyl (C=O) groups is 1. The number of benzene rings is 2. The van der Waals surface area contributed by atoms with Crippen molar-refractivity contribution in [2.45, 2.75) is 12.7 Å². The van der Waals surface area contributed by atoms with Gasteiger partial charge in [-0.2, -0.15) is 0 Å². The summed E-state index contributed by atoms with van der Waals surface area (Å²) in [7, 11) is 1.39. The molecule has 32 heavy (non-hydrogen) atoms. The molecule has 0 aliphatic carbocycles. The maximum absolute atomic E-state index is 12.8. The molecular formula is C21H19N3O7S. The second-order valence-corrected chi connectivity index (χ2v) is 7.47. The lowest BCUT2D eigenvalue weighted by Crippen LogP contribution is -2.40. The van der Waals surface area contributed by atoms with Crippen molar-refractivity contribution in [3.05, 3.63) is 68.7 Å². The molecule has 0 saturated carbocycles. The number of hydrogen-bond donors (Lipinski definition) is 1. The van der Waals surface area contributed by atoms with Crippen LogP contribution in [0, 0.1) is 10.1 Å². The minimum Gasteiger partial charge on any atom is -0.493 e. The fourth-order valence-corrected chi connectivity index (χ4v) is 3.62. The lowest BCUT2D eigenvalue weighted by atomic mass is 10.1. The first-order chi connectivity index (χ1) is 15.5. The highest BCUT2D eigenvalue weighted by atomic mass is 32.1. The van der Waals surface area contributed by atoms with Gasteiger partial charge in [-0.1, -0.05) is 12.1 Å². The number of hydrogen-bond acceptors (Lipinski definition) is 9. The molecule has 11 heteroatoms. The predicted molar refractivity (Wildman–Crippen MR) is 115 cm³/mol. The summed E-state index contributed by atoms with van der Waals surface area (Å²) >= 11 is 1.41. The van der Waals surface area contributed by atoms with Crippen LogP contribution in [0.3, 0.4) is 0 Å². The van der Waals surface area contributed by atoms with Crippen molar-refractivity contribution in [2.75, 3.05) is 20.3 Å². The van der Waals surface area contributed by atoms with E-state index in [-0.39, 0.29) is 36.8 Å². The Hall–Kier alpha value is -3.86. The summed E-state index contributed by atoms with van der Waals surface area (Å²) in [6.07, 6.45) is -0.435. The number of ether oxygens (including phenoxy) is 4. The average Bonchev–Trinajstić information content (AvgIpc) is 3.34. The first kappa shape index (κ1) is 21.4. The molecule has 1 unspecified atom stereocenters. The Morgan fingerprint density at radius 1 is 1.31 bits per heavy atom. The maximum Gasteiger partial charge on any atom is 0.286 e. The number of nitrogens with one attached hydrogen (secondary N) is 1. The van der Waals surface area contributed by atoms with Crippen LogP contribution < -0.4 is 24.3 Å². The molecule has 0 spiro atoms. The van der Waals surface area contributed by atoms with Crippen molar-refractivity contribution in [3.63, 3.8) is 0 Å². The smallest absolute Gasteiger partial charge is 0.286 e. The van der Waals surface area contributed by atoms with E-state index in [9.17, 15) is 14.9 Å². The summed E-state index contributed by atoms with van der Waals surface area (Å²) in [5.74, 6) is 0.908. The third kappa shape index (κ3) is 4.72. The zero-order valence-electron chi connectivity index (χ0n) is 17.0. The number of aromatic nitrogens is 1. The molecule has 10 nitrogen and oxygen atoms in total. The van der Waals surface area contributed by atoms with Gasteiger partial charge < -0.3 is 24.3 Å².